The zero-order valence-corrected chi connectivity index (χ0v) is 28.3. The fourth-order valence-electron chi connectivity index (χ4n) is 5.58. The van der Waals surface area contributed by atoms with Crippen LogP contribution in [0.1, 0.15) is 90.8 Å². The number of esters is 1. The van der Waals surface area contributed by atoms with E-state index >= 15 is 0 Å². The number of hydrogen-bond acceptors (Lipinski definition) is 7. The molecule has 0 saturated heterocycles. The molecule has 0 radical (unpaired) electrons. The van der Waals surface area contributed by atoms with E-state index in [9.17, 15) is 14.7 Å². The number of aliphatic hydroxyl groups is 1. The molecule has 3 N–H and O–H groups in total. The highest BCUT2D eigenvalue weighted by atomic mass is 16.6. The number of aliphatic hydroxyl groups excluding tert-OH is 1. The van der Waals surface area contributed by atoms with E-state index in [0.29, 0.717) is 38.9 Å². The molecule has 1 saturated carbocycles. The van der Waals surface area contributed by atoms with Crippen molar-refractivity contribution in [2.75, 3.05) is 13.2 Å². The van der Waals surface area contributed by atoms with Gasteiger partial charge in [-0.05, 0) is 74.5 Å². The molecule has 0 spiro atoms. The summed E-state index contributed by atoms with van der Waals surface area (Å²) < 4.78 is 17.2. The Hall–Kier alpha value is -3.20. The third-order valence-corrected chi connectivity index (χ3v) is 8.27. The van der Waals surface area contributed by atoms with E-state index in [1.165, 1.54) is 4.90 Å². The van der Waals surface area contributed by atoms with Gasteiger partial charge in [0.2, 0.25) is 0 Å². The van der Waals surface area contributed by atoms with Crippen molar-refractivity contribution in [1.82, 2.24) is 4.90 Å². The first-order valence-corrected chi connectivity index (χ1v) is 16.1. The number of nitrogens with zero attached hydrogens (tertiary/aromatic N) is 1. The van der Waals surface area contributed by atoms with Crippen molar-refractivity contribution >= 4 is 12.1 Å². The number of ether oxygens (including phenoxy) is 3. The van der Waals surface area contributed by atoms with E-state index in [2.05, 4.69) is 39.5 Å². The van der Waals surface area contributed by atoms with Crippen LogP contribution in [-0.4, -0.2) is 53.2 Å². The van der Waals surface area contributed by atoms with Crippen molar-refractivity contribution in [1.29, 1.82) is 0 Å². The molecule has 0 bridgehead atoms. The minimum atomic E-state index is -1.41. The van der Waals surface area contributed by atoms with Gasteiger partial charge in [-0.3, -0.25) is 9.69 Å². The van der Waals surface area contributed by atoms with E-state index in [1.807, 2.05) is 49.4 Å². The highest BCUT2D eigenvalue weighted by Gasteiger charge is 2.56. The van der Waals surface area contributed by atoms with Crippen LogP contribution in [0.2, 0.25) is 0 Å². The first-order chi connectivity index (χ1) is 21.1. The lowest BCUT2D eigenvalue weighted by atomic mass is 9.84. The summed E-state index contributed by atoms with van der Waals surface area (Å²) in [4.78, 5) is 29.1. The van der Waals surface area contributed by atoms with Crippen LogP contribution in [0.25, 0.3) is 0 Å². The number of hydrogen-bond donors (Lipinski definition) is 2. The van der Waals surface area contributed by atoms with Gasteiger partial charge in [-0.25, -0.2) is 4.79 Å². The number of carbonyl (C=O) groups is 2. The first kappa shape index (κ1) is 36.3. The molecule has 248 valence electrons. The molecule has 4 atom stereocenters. The molecule has 2 aromatic rings. The Labute approximate surface area is 269 Å². The number of amides is 1. The van der Waals surface area contributed by atoms with Crippen LogP contribution < -0.4 is 5.73 Å². The number of nitrogens with two attached hydrogens (primary N) is 1. The average molecular weight is 623 g/mol. The highest BCUT2D eigenvalue weighted by Crippen LogP contribution is 2.53. The molecule has 0 aromatic heterocycles. The molecule has 1 fully saturated rings. The molecular weight excluding hydrogens is 568 g/mol. The molecule has 1 amide bonds. The molecule has 1 aliphatic carbocycles. The third-order valence-electron chi connectivity index (χ3n) is 8.27. The summed E-state index contributed by atoms with van der Waals surface area (Å²) in [5, 5.41) is 11.9. The summed E-state index contributed by atoms with van der Waals surface area (Å²) in [6, 6.07) is 17.6. The zero-order valence-electron chi connectivity index (χ0n) is 28.3. The van der Waals surface area contributed by atoms with Crippen molar-refractivity contribution in [2.24, 2.45) is 17.6 Å². The second-order valence-corrected chi connectivity index (χ2v) is 14.4. The fraction of sp³-hybridized carbons (Fsp3) is 0.568. The SMILES string of the molecule is C=CCOCC[C@@H](C)C[C@H](C(=O)OC(C)(C)C)[C@@H](O)C(N)N(C(=O)OCc1ccccc1)C1(c2cccc(C(C)(C)C)c2)CC1. The standard InChI is InChI=1S/C37H54N2O6/c1-9-21-43-22-18-26(2)23-30(33(41)45-36(6,7)8)31(40)32(38)39(34(42)44-25-27-14-11-10-12-15-27)37(19-20-37)29-17-13-16-28(24-29)35(3,4)5/h9-17,24,26,30-32,40H,1,18-23,25,38H2,2-8H3/t26-,30+,31-,32?/m1/s1. The van der Waals surface area contributed by atoms with Crippen molar-refractivity contribution in [3.63, 3.8) is 0 Å². The van der Waals surface area contributed by atoms with Gasteiger partial charge in [0.1, 0.15) is 24.5 Å². The van der Waals surface area contributed by atoms with Crippen LogP contribution in [-0.2, 0) is 36.6 Å². The average Bonchev–Trinajstić information content (AvgIpc) is 3.77. The zero-order chi connectivity index (χ0) is 33.4. The van der Waals surface area contributed by atoms with Gasteiger partial charge in [0.05, 0.1) is 18.1 Å². The lowest BCUT2D eigenvalue weighted by Gasteiger charge is -2.40. The Morgan fingerprint density at radius 2 is 1.73 bits per heavy atom. The van der Waals surface area contributed by atoms with Crippen LogP contribution in [0, 0.1) is 11.8 Å². The molecule has 1 unspecified atom stereocenters. The molecular formula is C37H54N2O6. The maximum absolute atomic E-state index is 14.0. The summed E-state index contributed by atoms with van der Waals surface area (Å²) in [6.45, 7) is 18.4. The summed E-state index contributed by atoms with van der Waals surface area (Å²) >= 11 is 0. The van der Waals surface area contributed by atoms with E-state index in [4.69, 9.17) is 19.9 Å². The van der Waals surface area contributed by atoms with E-state index < -0.39 is 41.4 Å². The second kappa shape index (κ2) is 15.4. The van der Waals surface area contributed by atoms with E-state index in [1.54, 1.807) is 26.8 Å². The maximum Gasteiger partial charge on any atom is 0.412 e. The monoisotopic (exact) mass is 622 g/mol. The molecule has 0 aliphatic heterocycles. The summed E-state index contributed by atoms with van der Waals surface area (Å²) in [5.41, 5.74) is 8.09. The molecule has 3 rings (SSSR count). The van der Waals surface area contributed by atoms with E-state index in [0.717, 1.165) is 16.7 Å². The largest absolute Gasteiger partial charge is 0.460 e. The molecule has 2 aromatic carbocycles. The fourth-order valence-corrected chi connectivity index (χ4v) is 5.58. The normalized spacial score (nSPS) is 17.0. The number of carbonyl (C=O) groups excluding carboxylic acids is 2. The lowest BCUT2D eigenvalue weighted by Crippen LogP contribution is -2.60. The van der Waals surface area contributed by atoms with Crippen molar-refractivity contribution < 1.29 is 28.9 Å². The molecule has 8 heteroatoms. The number of benzene rings is 2. The Morgan fingerprint density at radius 1 is 1.07 bits per heavy atom. The Morgan fingerprint density at radius 3 is 2.31 bits per heavy atom. The third kappa shape index (κ3) is 10.1. The highest BCUT2D eigenvalue weighted by molar-refractivity contribution is 5.74. The second-order valence-electron chi connectivity index (χ2n) is 14.4. The van der Waals surface area contributed by atoms with Crippen LogP contribution in [0.5, 0.6) is 0 Å². The minimum absolute atomic E-state index is 0.00557. The Kier molecular flexibility index (Phi) is 12.4. The smallest absolute Gasteiger partial charge is 0.412 e. The summed E-state index contributed by atoms with van der Waals surface area (Å²) in [7, 11) is 0. The quantitative estimate of drug-likeness (QED) is 0.0969. The van der Waals surface area contributed by atoms with E-state index in [-0.39, 0.29) is 17.9 Å². The number of rotatable bonds is 15. The minimum Gasteiger partial charge on any atom is -0.460 e. The van der Waals surface area contributed by atoms with Gasteiger partial charge in [0.15, 0.2) is 0 Å². The predicted molar refractivity (Wildman–Crippen MR) is 177 cm³/mol. The lowest BCUT2D eigenvalue weighted by molar-refractivity contribution is -0.167. The predicted octanol–water partition coefficient (Wildman–Crippen LogP) is 6.83. The summed E-state index contributed by atoms with van der Waals surface area (Å²) in [5.74, 6) is -1.53. The van der Waals surface area contributed by atoms with Gasteiger partial charge in [-0.1, -0.05) is 88.4 Å². The first-order valence-electron chi connectivity index (χ1n) is 16.1. The maximum atomic E-state index is 14.0. The van der Waals surface area contributed by atoms with Crippen LogP contribution in [0.4, 0.5) is 4.79 Å². The van der Waals surface area contributed by atoms with Crippen molar-refractivity contribution in [2.45, 2.75) is 110 Å². The molecule has 8 nitrogen and oxygen atoms in total. The van der Waals surface area contributed by atoms with Crippen LogP contribution in [0.3, 0.4) is 0 Å². The molecule has 45 heavy (non-hydrogen) atoms. The van der Waals surface area contributed by atoms with Gasteiger partial charge in [0.25, 0.3) is 0 Å². The van der Waals surface area contributed by atoms with Crippen LogP contribution in [0.15, 0.2) is 67.3 Å². The summed E-state index contributed by atoms with van der Waals surface area (Å²) in [6.07, 6.45) is 0.665. The van der Waals surface area contributed by atoms with Crippen molar-refractivity contribution in [3.05, 3.63) is 83.9 Å². The van der Waals surface area contributed by atoms with Gasteiger partial charge < -0.3 is 25.1 Å². The Balaban J connectivity index is 1.97. The molecule has 1 aliphatic rings. The Bertz CT molecular complexity index is 1260. The van der Waals surface area contributed by atoms with Crippen molar-refractivity contribution in [3.8, 4) is 0 Å². The van der Waals surface area contributed by atoms with Gasteiger partial charge in [-0.2, -0.15) is 0 Å². The topological polar surface area (TPSA) is 111 Å². The van der Waals surface area contributed by atoms with Crippen LogP contribution >= 0.6 is 0 Å². The van der Waals surface area contributed by atoms with Gasteiger partial charge in [-0.15, -0.1) is 6.58 Å². The molecule has 0 heterocycles. The van der Waals surface area contributed by atoms with Gasteiger partial charge in [0, 0.05) is 6.61 Å². The van der Waals surface area contributed by atoms with Gasteiger partial charge >= 0.3 is 12.1 Å².